The standard InChI is InChI=1S/C17H20ClN9O3/c1-3-26(4-2)9-12-14(21-25-27(12)16-15(19)23-30-24-16)17(29)22-20-8-10-7-11(18)5-6-13(10)28/h5-8,28H,3-4,9H2,1-2H3,(H2,19,23)(H,22,29)/b20-8-. The van der Waals surface area contributed by atoms with E-state index < -0.39 is 5.91 Å². The lowest BCUT2D eigenvalue weighted by molar-refractivity contribution is 0.0948. The number of anilines is 1. The van der Waals surface area contributed by atoms with Gasteiger partial charge in [0, 0.05) is 17.1 Å². The molecule has 1 aromatic carbocycles. The zero-order chi connectivity index (χ0) is 21.7. The van der Waals surface area contributed by atoms with Crippen molar-refractivity contribution in [3.63, 3.8) is 0 Å². The van der Waals surface area contributed by atoms with Crippen LogP contribution in [-0.2, 0) is 6.54 Å². The molecule has 0 unspecified atom stereocenters. The van der Waals surface area contributed by atoms with Crippen LogP contribution >= 0.6 is 11.6 Å². The Morgan fingerprint density at radius 1 is 1.40 bits per heavy atom. The van der Waals surface area contributed by atoms with E-state index in [4.69, 9.17) is 17.3 Å². The van der Waals surface area contributed by atoms with E-state index in [0.717, 1.165) is 13.1 Å². The Kier molecular flexibility index (Phi) is 6.59. The van der Waals surface area contributed by atoms with Crippen molar-refractivity contribution in [2.75, 3.05) is 18.8 Å². The molecule has 0 aliphatic heterocycles. The number of carbonyl (C=O) groups excluding carboxylic acids is 1. The topological polar surface area (TPSA) is 161 Å². The maximum atomic E-state index is 12.7. The smallest absolute Gasteiger partial charge is 0.293 e. The molecule has 2 heterocycles. The van der Waals surface area contributed by atoms with E-state index in [9.17, 15) is 9.90 Å². The molecule has 0 radical (unpaired) electrons. The van der Waals surface area contributed by atoms with Crippen LogP contribution in [0.5, 0.6) is 5.75 Å². The number of nitrogens with zero attached hydrogens (tertiary/aromatic N) is 7. The fourth-order valence-corrected chi connectivity index (χ4v) is 2.81. The van der Waals surface area contributed by atoms with Gasteiger partial charge >= 0.3 is 0 Å². The molecule has 1 amide bonds. The molecule has 158 valence electrons. The summed E-state index contributed by atoms with van der Waals surface area (Å²) in [6, 6.07) is 4.47. The summed E-state index contributed by atoms with van der Waals surface area (Å²) < 4.78 is 5.94. The first kappa shape index (κ1) is 21.2. The lowest BCUT2D eigenvalue weighted by Crippen LogP contribution is -2.27. The minimum absolute atomic E-state index is 0.0158. The van der Waals surface area contributed by atoms with Gasteiger partial charge in [0.05, 0.1) is 11.9 Å². The van der Waals surface area contributed by atoms with Crippen molar-refractivity contribution < 1.29 is 14.5 Å². The number of amides is 1. The SMILES string of the molecule is CCN(CC)Cc1c(C(=O)N/N=C\c2cc(Cl)ccc2O)nnn1-c1nonc1N. The van der Waals surface area contributed by atoms with Gasteiger partial charge in [0.2, 0.25) is 11.6 Å². The molecule has 0 saturated heterocycles. The van der Waals surface area contributed by atoms with Gasteiger partial charge in [-0.1, -0.05) is 30.7 Å². The van der Waals surface area contributed by atoms with Crippen molar-refractivity contribution in [2.24, 2.45) is 5.10 Å². The highest BCUT2D eigenvalue weighted by atomic mass is 35.5. The van der Waals surface area contributed by atoms with Crippen LogP contribution in [0.2, 0.25) is 5.02 Å². The normalized spacial score (nSPS) is 11.5. The van der Waals surface area contributed by atoms with Gasteiger partial charge in [0.15, 0.2) is 5.69 Å². The van der Waals surface area contributed by atoms with Crippen LogP contribution in [0.25, 0.3) is 5.82 Å². The van der Waals surface area contributed by atoms with Crippen molar-refractivity contribution in [3.05, 3.63) is 40.2 Å². The third kappa shape index (κ3) is 4.55. The molecule has 0 atom stereocenters. The largest absolute Gasteiger partial charge is 0.507 e. The summed E-state index contributed by atoms with van der Waals surface area (Å²) in [6.07, 6.45) is 1.27. The number of hydrazone groups is 1. The number of hydrogen-bond acceptors (Lipinski definition) is 10. The van der Waals surface area contributed by atoms with Gasteiger partial charge < -0.3 is 10.8 Å². The third-order valence-electron chi connectivity index (χ3n) is 4.30. The number of phenols is 1. The first-order valence-electron chi connectivity index (χ1n) is 9.01. The molecule has 3 rings (SSSR count). The number of rotatable bonds is 8. The van der Waals surface area contributed by atoms with Crippen LogP contribution in [0.1, 0.15) is 35.6 Å². The second-order valence-electron chi connectivity index (χ2n) is 6.13. The Labute approximate surface area is 176 Å². The summed E-state index contributed by atoms with van der Waals surface area (Å²) in [7, 11) is 0. The van der Waals surface area contributed by atoms with Gasteiger partial charge in [-0.15, -0.1) is 5.10 Å². The number of aromatic hydroxyl groups is 1. The summed E-state index contributed by atoms with van der Waals surface area (Å²) in [5.74, 6) is -0.478. The van der Waals surface area contributed by atoms with E-state index in [2.05, 4.69) is 40.7 Å². The van der Waals surface area contributed by atoms with Crippen molar-refractivity contribution in [1.29, 1.82) is 0 Å². The van der Waals surface area contributed by atoms with Crippen molar-refractivity contribution in [1.82, 2.24) is 35.6 Å². The average Bonchev–Trinajstić information content (AvgIpc) is 3.34. The van der Waals surface area contributed by atoms with Gasteiger partial charge in [-0.05, 0) is 41.6 Å². The lowest BCUT2D eigenvalue weighted by atomic mass is 10.2. The summed E-state index contributed by atoms with van der Waals surface area (Å²) in [5.41, 5.74) is 8.96. The number of halogens is 1. The van der Waals surface area contributed by atoms with Crippen molar-refractivity contribution in [3.8, 4) is 11.6 Å². The predicted molar refractivity (Wildman–Crippen MR) is 108 cm³/mol. The maximum absolute atomic E-state index is 12.7. The predicted octanol–water partition coefficient (Wildman–Crippen LogP) is 1.20. The van der Waals surface area contributed by atoms with E-state index in [1.54, 1.807) is 0 Å². The fraction of sp³-hybridized carbons (Fsp3) is 0.294. The van der Waals surface area contributed by atoms with Crippen LogP contribution in [0.15, 0.2) is 27.9 Å². The number of hydrogen-bond donors (Lipinski definition) is 3. The first-order chi connectivity index (χ1) is 14.4. The van der Waals surface area contributed by atoms with Gasteiger partial charge in [0.25, 0.3) is 5.91 Å². The number of nitrogens with two attached hydrogens (primary N) is 1. The van der Waals surface area contributed by atoms with E-state index in [1.165, 1.54) is 29.1 Å². The molecule has 12 nitrogen and oxygen atoms in total. The highest BCUT2D eigenvalue weighted by Gasteiger charge is 2.24. The van der Waals surface area contributed by atoms with E-state index in [-0.39, 0.29) is 23.1 Å². The van der Waals surface area contributed by atoms with Crippen LogP contribution < -0.4 is 11.2 Å². The van der Waals surface area contributed by atoms with Crippen molar-refractivity contribution >= 4 is 29.5 Å². The summed E-state index contributed by atoms with van der Waals surface area (Å²) >= 11 is 5.90. The van der Waals surface area contributed by atoms with E-state index in [1.807, 2.05) is 13.8 Å². The lowest BCUT2D eigenvalue weighted by Gasteiger charge is -2.18. The Balaban J connectivity index is 1.87. The summed E-state index contributed by atoms with van der Waals surface area (Å²) in [5, 5.41) is 29.3. The molecule has 4 N–H and O–H groups in total. The summed E-state index contributed by atoms with van der Waals surface area (Å²) in [4.78, 5) is 14.8. The molecule has 0 fully saturated rings. The van der Waals surface area contributed by atoms with Crippen LogP contribution in [-0.4, -0.2) is 60.5 Å². The molecule has 0 bridgehead atoms. The molecular formula is C17H20ClN9O3. The zero-order valence-electron chi connectivity index (χ0n) is 16.3. The van der Waals surface area contributed by atoms with Crippen molar-refractivity contribution in [2.45, 2.75) is 20.4 Å². The Bertz CT molecular complexity index is 1060. The van der Waals surface area contributed by atoms with Crippen LogP contribution in [0, 0.1) is 0 Å². The zero-order valence-corrected chi connectivity index (χ0v) is 17.0. The quantitative estimate of drug-likeness (QED) is 0.350. The van der Waals surface area contributed by atoms with Gasteiger partial charge in [-0.25, -0.2) is 10.1 Å². The molecule has 0 saturated carbocycles. The highest BCUT2D eigenvalue weighted by molar-refractivity contribution is 6.30. The second-order valence-corrected chi connectivity index (χ2v) is 6.57. The van der Waals surface area contributed by atoms with E-state index >= 15 is 0 Å². The van der Waals surface area contributed by atoms with Gasteiger partial charge in [-0.3, -0.25) is 9.69 Å². The average molecular weight is 434 g/mol. The number of phenolic OH excluding ortho intramolecular Hbond substituents is 1. The first-order valence-corrected chi connectivity index (χ1v) is 9.39. The minimum Gasteiger partial charge on any atom is -0.507 e. The molecule has 0 aliphatic rings. The third-order valence-corrected chi connectivity index (χ3v) is 4.54. The molecule has 13 heteroatoms. The fourth-order valence-electron chi connectivity index (χ4n) is 2.63. The molecular weight excluding hydrogens is 414 g/mol. The van der Waals surface area contributed by atoms with E-state index in [0.29, 0.717) is 22.8 Å². The molecule has 3 aromatic rings. The number of nitrogen functional groups attached to an aromatic ring is 1. The number of aromatic nitrogens is 5. The highest BCUT2D eigenvalue weighted by Crippen LogP contribution is 2.20. The van der Waals surface area contributed by atoms with Gasteiger partial charge in [-0.2, -0.15) is 9.78 Å². The molecule has 30 heavy (non-hydrogen) atoms. The maximum Gasteiger partial charge on any atom is 0.293 e. The monoisotopic (exact) mass is 433 g/mol. The Morgan fingerprint density at radius 3 is 2.83 bits per heavy atom. The summed E-state index contributed by atoms with van der Waals surface area (Å²) in [6.45, 7) is 5.81. The van der Waals surface area contributed by atoms with Crippen LogP contribution in [0.4, 0.5) is 5.82 Å². The van der Waals surface area contributed by atoms with Crippen LogP contribution in [0.3, 0.4) is 0 Å². The number of benzene rings is 1. The minimum atomic E-state index is -0.601. The number of nitrogens with one attached hydrogen (secondary N) is 1. The molecule has 2 aromatic heterocycles. The Morgan fingerprint density at radius 2 is 2.17 bits per heavy atom. The molecule has 0 aliphatic carbocycles. The molecule has 0 spiro atoms. The number of carbonyl (C=O) groups is 1. The Hall–Kier alpha value is -3.51. The van der Waals surface area contributed by atoms with Gasteiger partial charge in [0.1, 0.15) is 5.75 Å². The second kappa shape index (κ2) is 9.33.